The van der Waals surface area contributed by atoms with Gasteiger partial charge in [-0.1, -0.05) is 31.5 Å². The van der Waals surface area contributed by atoms with E-state index in [9.17, 15) is 4.79 Å². The smallest absolute Gasteiger partial charge is 0.255 e. The average molecular weight is 346 g/mol. The first kappa shape index (κ1) is 17.6. The normalized spacial score (nSPS) is 10.3. The van der Waals surface area contributed by atoms with Crippen LogP contribution < -0.4 is 10.6 Å². The number of rotatable bonds is 7. The Labute approximate surface area is 153 Å². The summed E-state index contributed by atoms with van der Waals surface area (Å²) in [5.41, 5.74) is 3.53. The van der Waals surface area contributed by atoms with Gasteiger partial charge in [-0.3, -0.25) is 14.8 Å². The molecule has 0 saturated heterocycles. The summed E-state index contributed by atoms with van der Waals surface area (Å²) in [6.07, 6.45) is 5.63. The molecule has 3 aromatic rings. The van der Waals surface area contributed by atoms with Gasteiger partial charge in [-0.25, -0.2) is 0 Å². The molecule has 0 atom stereocenters. The van der Waals surface area contributed by atoms with E-state index in [0.717, 1.165) is 30.8 Å². The molecule has 0 bridgehead atoms. The number of carbonyl (C=O) groups excluding carboxylic acids is 1. The van der Waals surface area contributed by atoms with Crippen LogP contribution in [0.2, 0.25) is 0 Å². The fourth-order valence-electron chi connectivity index (χ4n) is 2.62. The van der Waals surface area contributed by atoms with Gasteiger partial charge < -0.3 is 10.6 Å². The number of aromatic nitrogens is 2. The van der Waals surface area contributed by atoms with Crippen LogP contribution in [0.25, 0.3) is 11.4 Å². The van der Waals surface area contributed by atoms with E-state index in [1.807, 2.05) is 36.4 Å². The molecule has 5 heteroatoms. The maximum absolute atomic E-state index is 12.5. The summed E-state index contributed by atoms with van der Waals surface area (Å²) < 4.78 is 0. The fraction of sp³-hybridized carbons (Fsp3) is 0.190. The quantitative estimate of drug-likeness (QED) is 0.613. The molecule has 0 spiro atoms. The van der Waals surface area contributed by atoms with E-state index >= 15 is 0 Å². The first-order chi connectivity index (χ1) is 12.8. The number of benzene rings is 1. The van der Waals surface area contributed by atoms with Crippen LogP contribution in [-0.2, 0) is 0 Å². The van der Waals surface area contributed by atoms with E-state index in [0.29, 0.717) is 16.9 Å². The van der Waals surface area contributed by atoms with Crippen molar-refractivity contribution in [3.05, 3.63) is 72.6 Å². The summed E-state index contributed by atoms with van der Waals surface area (Å²) in [7, 11) is 0. The number of nitrogens with zero attached hydrogens (tertiary/aromatic N) is 2. The highest BCUT2D eigenvalue weighted by molar-refractivity contribution is 6.06. The summed E-state index contributed by atoms with van der Waals surface area (Å²) in [5, 5.41) is 6.36. The number of unbranched alkanes of at least 4 members (excludes halogenated alkanes) is 1. The minimum absolute atomic E-state index is 0.170. The molecule has 0 saturated carbocycles. The topological polar surface area (TPSA) is 66.9 Å². The van der Waals surface area contributed by atoms with Crippen molar-refractivity contribution in [2.75, 3.05) is 17.2 Å². The monoisotopic (exact) mass is 346 g/mol. The first-order valence-electron chi connectivity index (χ1n) is 8.80. The van der Waals surface area contributed by atoms with Crippen molar-refractivity contribution < 1.29 is 4.79 Å². The zero-order valence-corrected chi connectivity index (χ0v) is 14.8. The lowest BCUT2D eigenvalue weighted by Gasteiger charge is -2.14. The van der Waals surface area contributed by atoms with Crippen molar-refractivity contribution in [1.82, 2.24) is 9.97 Å². The number of carbonyl (C=O) groups is 1. The molecular formula is C21H22N4O. The van der Waals surface area contributed by atoms with Crippen LogP contribution in [-0.4, -0.2) is 22.4 Å². The second-order valence-corrected chi connectivity index (χ2v) is 5.90. The van der Waals surface area contributed by atoms with Gasteiger partial charge in [-0.15, -0.1) is 0 Å². The van der Waals surface area contributed by atoms with Crippen molar-refractivity contribution in [2.24, 2.45) is 0 Å². The Kier molecular flexibility index (Phi) is 5.93. The van der Waals surface area contributed by atoms with E-state index in [-0.39, 0.29) is 5.91 Å². The first-order valence-corrected chi connectivity index (χ1v) is 8.80. The van der Waals surface area contributed by atoms with E-state index in [2.05, 4.69) is 27.5 Å². The van der Waals surface area contributed by atoms with Crippen molar-refractivity contribution >= 4 is 17.3 Å². The molecule has 0 fully saturated rings. The lowest BCUT2D eigenvalue weighted by atomic mass is 10.1. The second kappa shape index (κ2) is 8.76. The second-order valence-electron chi connectivity index (χ2n) is 5.90. The molecule has 5 nitrogen and oxygen atoms in total. The van der Waals surface area contributed by atoms with Gasteiger partial charge >= 0.3 is 0 Å². The average Bonchev–Trinajstić information content (AvgIpc) is 2.70. The molecule has 0 aliphatic heterocycles. The Hall–Kier alpha value is -3.21. The molecule has 2 heterocycles. The number of hydrogen-bond donors (Lipinski definition) is 2. The van der Waals surface area contributed by atoms with Gasteiger partial charge in [0.05, 0.1) is 11.4 Å². The molecule has 26 heavy (non-hydrogen) atoms. The Morgan fingerprint density at radius 1 is 0.885 bits per heavy atom. The number of nitrogens with one attached hydrogen (secondary N) is 2. The van der Waals surface area contributed by atoms with Crippen LogP contribution in [0.3, 0.4) is 0 Å². The third-order valence-corrected chi connectivity index (χ3v) is 3.97. The van der Waals surface area contributed by atoms with E-state index in [1.54, 1.807) is 30.6 Å². The van der Waals surface area contributed by atoms with Gasteiger partial charge in [0.15, 0.2) is 0 Å². The minimum atomic E-state index is -0.170. The Morgan fingerprint density at radius 2 is 1.54 bits per heavy atom. The minimum Gasteiger partial charge on any atom is -0.383 e. The zero-order valence-electron chi connectivity index (χ0n) is 14.8. The molecule has 0 aliphatic carbocycles. The van der Waals surface area contributed by atoms with Crippen LogP contribution in [0, 0.1) is 0 Å². The molecule has 0 radical (unpaired) electrons. The van der Waals surface area contributed by atoms with Crippen molar-refractivity contribution in [3.8, 4) is 11.4 Å². The highest BCUT2D eigenvalue weighted by Gasteiger charge is 2.14. The summed E-state index contributed by atoms with van der Waals surface area (Å²) in [6, 6.07) is 16.6. The molecular weight excluding hydrogens is 324 g/mol. The summed E-state index contributed by atoms with van der Waals surface area (Å²) in [6.45, 7) is 3.02. The van der Waals surface area contributed by atoms with Gasteiger partial charge in [0, 0.05) is 24.5 Å². The van der Waals surface area contributed by atoms with Crippen molar-refractivity contribution in [1.29, 1.82) is 0 Å². The number of amides is 1. The Balaban J connectivity index is 1.89. The molecule has 2 N–H and O–H groups in total. The number of pyridine rings is 2. The zero-order chi connectivity index (χ0) is 18.2. The van der Waals surface area contributed by atoms with Crippen LogP contribution in [0.1, 0.15) is 30.1 Å². The van der Waals surface area contributed by atoms with Crippen LogP contribution in [0.15, 0.2) is 67.0 Å². The summed E-state index contributed by atoms with van der Waals surface area (Å²) in [5.74, 6) is -0.170. The Bertz CT molecular complexity index is 865. The lowest BCUT2D eigenvalue weighted by Crippen LogP contribution is -2.13. The van der Waals surface area contributed by atoms with Gasteiger partial charge in [0.2, 0.25) is 0 Å². The molecule has 0 unspecified atom stereocenters. The highest BCUT2D eigenvalue weighted by atomic mass is 16.1. The maximum Gasteiger partial charge on any atom is 0.255 e. The van der Waals surface area contributed by atoms with Gasteiger partial charge in [0.1, 0.15) is 11.4 Å². The Morgan fingerprint density at radius 3 is 2.23 bits per heavy atom. The molecule has 3 rings (SSSR count). The van der Waals surface area contributed by atoms with Gasteiger partial charge in [0.25, 0.3) is 5.91 Å². The van der Waals surface area contributed by atoms with Crippen LogP contribution >= 0.6 is 0 Å². The SMILES string of the molecule is CCCCNc1cccnc1-c1ncccc1NC(=O)c1ccccc1. The standard InChI is InChI=1S/C21H22N4O/c1-2-3-13-22-17-11-7-14-23-19(17)20-18(12-8-15-24-20)25-21(26)16-9-5-4-6-10-16/h4-12,14-15,22H,2-3,13H2,1H3,(H,25,26). The molecule has 132 valence electrons. The van der Waals surface area contributed by atoms with Gasteiger partial charge in [-0.05, 0) is 42.8 Å². The highest BCUT2D eigenvalue weighted by Crippen LogP contribution is 2.30. The van der Waals surface area contributed by atoms with E-state index in [4.69, 9.17) is 0 Å². The lowest BCUT2D eigenvalue weighted by molar-refractivity contribution is 0.102. The third kappa shape index (κ3) is 4.25. The molecule has 2 aromatic heterocycles. The predicted octanol–water partition coefficient (Wildman–Crippen LogP) is 4.61. The third-order valence-electron chi connectivity index (χ3n) is 3.97. The summed E-state index contributed by atoms with van der Waals surface area (Å²) in [4.78, 5) is 21.5. The molecule has 1 aromatic carbocycles. The molecule has 0 aliphatic rings. The van der Waals surface area contributed by atoms with Gasteiger partial charge in [-0.2, -0.15) is 0 Å². The van der Waals surface area contributed by atoms with Crippen LogP contribution in [0.5, 0.6) is 0 Å². The summed E-state index contributed by atoms with van der Waals surface area (Å²) >= 11 is 0. The van der Waals surface area contributed by atoms with Crippen molar-refractivity contribution in [2.45, 2.75) is 19.8 Å². The maximum atomic E-state index is 12.5. The van der Waals surface area contributed by atoms with E-state index in [1.165, 1.54) is 0 Å². The molecule has 1 amide bonds. The van der Waals surface area contributed by atoms with E-state index < -0.39 is 0 Å². The van der Waals surface area contributed by atoms with Crippen molar-refractivity contribution in [3.63, 3.8) is 0 Å². The number of anilines is 2. The number of hydrogen-bond acceptors (Lipinski definition) is 4. The largest absolute Gasteiger partial charge is 0.383 e. The van der Waals surface area contributed by atoms with Crippen LogP contribution in [0.4, 0.5) is 11.4 Å². The predicted molar refractivity (Wildman–Crippen MR) is 105 cm³/mol. The fourth-order valence-corrected chi connectivity index (χ4v) is 2.62.